The summed E-state index contributed by atoms with van der Waals surface area (Å²) >= 11 is 0. The van der Waals surface area contributed by atoms with Crippen LogP contribution in [0.1, 0.15) is 46.5 Å². The Morgan fingerprint density at radius 3 is 3.00 bits per heavy atom. The summed E-state index contributed by atoms with van der Waals surface area (Å²) in [4.78, 5) is 8.39. The zero-order chi connectivity index (χ0) is 18.5. The van der Waals surface area contributed by atoms with Crippen molar-refractivity contribution in [2.75, 3.05) is 11.1 Å². The van der Waals surface area contributed by atoms with Crippen molar-refractivity contribution in [2.24, 2.45) is 5.92 Å². The standard InChI is InChI=1S/C20H16N6O/c21-6-10-3-13-12-5-14(12)20(19(13)25-7-10)26-11-1-2-16(22)15(4-11)18(23)17-8-24-9-27-17/h1-4,7-9,12,14,20,23,26H,5,22H2. The number of benzene rings is 1. The van der Waals surface area contributed by atoms with Gasteiger partial charge >= 0.3 is 0 Å². The highest BCUT2D eigenvalue weighted by Gasteiger charge is 2.53. The minimum Gasteiger partial charge on any atom is -0.442 e. The van der Waals surface area contributed by atoms with Crippen LogP contribution in [0, 0.1) is 22.7 Å². The molecule has 2 aliphatic rings. The molecule has 7 heteroatoms. The lowest BCUT2D eigenvalue weighted by atomic mass is 10.0. The Bertz CT molecular complexity index is 1100. The summed E-state index contributed by atoms with van der Waals surface area (Å²) in [5.74, 6) is 1.35. The lowest BCUT2D eigenvalue weighted by Crippen LogP contribution is -2.14. The molecule has 2 aromatic heterocycles. The number of anilines is 2. The maximum absolute atomic E-state index is 9.11. The largest absolute Gasteiger partial charge is 0.442 e. The molecule has 7 nitrogen and oxygen atoms in total. The third-order valence-electron chi connectivity index (χ3n) is 5.36. The Morgan fingerprint density at radius 1 is 1.33 bits per heavy atom. The molecule has 1 saturated carbocycles. The van der Waals surface area contributed by atoms with Gasteiger partial charge in [0.15, 0.2) is 12.2 Å². The van der Waals surface area contributed by atoms with Crippen LogP contribution in [-0.2, 0) is 0 Å². The van der Waals surface area contributed by atoms with E-state index in [2.05, 4.69) is 21.4 Å². The molecule has 3 aromatic rings. The number of nitrogens with one attached hydrogen (secondary N) is 2. The molecule has 5 rings (SSSR count). The fourth-order valence-electron chi connectivity index (χ4n) is 3.94. The van der Waals surface area contributed by atoms with E-state index in [-0.39, 0.29) is 11.8 Å². The number of pyridine rings is 1. The van der Waals surface area contributed by atoms with Gasteiger partial charge in [0.1, 0.15) is 11.8 Å². The number of oxazole rings is 1. The van der Waals surface area contributed by atoms with Gasteiger partial charge in [-0.05, 0) is 48.1 Å². The average molecular weight is 356 g/mol. The Labute approximate surface area is 155 Å². The summed E-state index contributed by atoms with van der Waals surface area (Å²) < 4.78 is 5.22. The lowest BCUT2D eigenvalue weighted by molar-refractivity contribution is 0.548. The van der Waals surface area contributed by atoms with E-state index in [0.29, 0.717) is 34.4 Å². The fourth-order valence-corrected chi connectivity index (χ4v) is 3.94. The molecule has 0 bridgehead atoms. The number of hydrogen-bond donors (Lipinski definition) is 3. The van der Waals surface area contributed by atoms with Crippen LogP contribution in [0.3, 0.4) is 0 Å². The Kier molecular flexibility index (Phi) is 3.28. The van der Waals surface area contributed by atoms with Crippen molar-refractivity contribution in [3.05, 3.63) is 71.2 Å². The van der Waals surface area contributed by atoms with Gasteiger partial charge in [-0.25, -0.2) is 4.98 Å². The van der Waals surface area contributed by atoms with E-state index in [1.165, 1.54) is 18.2 Å². The summed E-state index contributed by atoms with van der Waals surface area (Å²) in [5, 5.41) is 21.0. The number of fused-ring (bicyclic) bond motifs is 3. The molecule has 0 radical (unpaired) electrons. The third-order valence-corrected chi connectivity index (χ3v) is 5.36. The summed E-state index contributed by atoms with van der Waals surface area (Å²) in [6.45, 7) is 0. The van der Waals surface area contributed by atoms with E-state index in [1.807, 2.05) is 18.2 Å². The van der Waals surface area contributed by atoms with Crippen molar-refractivity contribution in [3.8, 4) is 6.07 Å². The molecule has 27 heavy (non-hydrogen) atoms. The molecule has 1 aromatic carbocycles. The van der Waals surface area contributed by atoms with Gasteiger partial charge in [0.05, 0.1) is 23.5 Å². The van der Waals surface area contributed by atoms with Gasteiger partial charge in [0.25, 0.3) is 0 Å². The monoisotopic (exact) mass is 356 g/mol. The number of hydrogen-bond acceptors (Lipinski definition) is 7. The number of nitriles is 1. The first-order valence-corrected chi connectivity index (χ1v) is 8.69. The highest BCUT2D eigenvalue weighted by Crippen LogP contribution is 2.62. The molecule has 132 valence electrons. The maximum atomic E-state index is 9.11. The summed E-state index contributed by atoms with van der Waals surface area (Å²) in [5.41, 5.74) is 11.0. The number of rotatable bonds is 4. The van der Waals surface area contributed by atoms with Gasteiger partial charge in [0.2, 0.25) is 0 Å². The van der Waals surface area contributed by atoms with Crippen LogP contribution in [0.5, 0.6) is 0 Å². The zero-order valence-electron chi connectivity index (χ0n) is 14.3. The van der Waals surface area contributed by atoms with Crippen LogP contribution < -0.4 is 11.1 Å². The number of nitrogen functional groups attached to an aromatic ring is 1. The van der Waals surface area contributed by atoms with E-state index in [9.17, 15) is 0 Å². The molecule has 0 spiro atoms. The second kappa shape index (κ2) is 5.68. The molecule has 4 N–H and O–H groups in total. The molecule has 1 fully saturated rings. The normalized spacial score (nSPS) is 21.8. The molecular weight excluding hydrogens is 340 g/mol. The maximum Gasteiger partial charge on any atom is 0.181 e. The van der Waals surface area contributed by atoms with Crippen molar-refractivity contribution in [3.63, 3.8) is 0 Å². The quantitative estimate of drug-likeness (QED) is 0.487. The predicted octanol–water partition coefficient (Wildman–Crippen LogP) is 3.21. The Balaban J connectivity index is 1.46. The Hall–Kier alpha value is -3.66. The second-order valence-corrected chi connectivity index (χ2v) is 6.98. The van der Waals surface area contributed by atoms with Crippen molar-refractivity contribution in [1.29, 1.82) is 10.7 Å². The van der Waals surface area contributed by atoms with Crippen LogP contribution in [0.15, 0.2) is 47.5 Å². The summed E-state index contributed by atoms with van der Waals surface area (Å²) in [7, 11) is 0. The Morgan fingerprint density at radius 2 is 2.22 bits per heavy atom. The fraction of sp³-hybridized carbons (Fsp3) is 0.200. The molecule has 0 amide bonds. The van der Waals surface area contributed by atoms with E-state index < -0.39 is 0 Å². The molecule has 0 aliphatic heterocycles. The van der Waals surface area contributed by atoms with Gasteiger partial charge < -0.3 is 15.5 Å². The van der Waals surface area contributed by atoms with Crippen LogP contribution >= 0.6 is 0 Å². The third kappa shape index (κ3) is 2.46. The van der Waals surface area contributed by atoms with Crippen LogP contribution in [0.25, 0.3) is 0 Å². The zero-order valence-corrected chi connectivity index (χ0v) is 14.3. The highest BCUT2D eigenvalue weighted by molar-refractivity contribution is 6.12. The smallest absolute Gasteiger partial charge is 0.181 e. The summed E-state index contributed by atoms with van der Waals surface area (Å²) in [6.07, 6.45) is 5.54. The minimum atomic E-state index is 0.105. The average Bonchev–Trinajstić information content (AvgIpc) is 3.17. The molecule has 2 aliphatic carbocycles. The van der Waals surface area contributed by atoms with E-state index in [0.717, 1.165) is 17.8 Å². The molecule has 3 atom stereocenters. The first-order valence-electron chi connectivity index (χ1n) is 8.69. The van der Waals surface area contributed by atoms with Crippen molar-refractivity contribution < 1.29 is 4.42 Å². The van der Waals surface area contributed by atoms with Crippen molar-refractivity contribution >= 4 is 17.1 Å². The number of nitrogens with two attached hydrogens (primary N) is 1. The number of nitrogens with zero attached hydrogens (tertiary/aromatic N) is 3. The van der Waals surface area contributed by atoms with Crippen LogP contribution in [0.4, 0.5) is 11.4 Å². The van der Waals surface area contributed by atoms with Crippen molar-refractivity contribution in [1.82, 2.24) is 9.97 Å². The first kappa shape index (κ1) is 15.6. The van der Waals surface area contributed by atoms with E-state index in [1.54, 1.807) is 12.3 Å². The highest BCUT2D eigenvalue weighted by atomic mass is 16.3. The molecule has 2 heterocycles. The first-order chi connectivity index (χ1) is 13.2. The predicted molar refractivity (Wildman–Crippen MR) is 99.5 cm³/mol. The van der Waals surface area contributed by atoms with Crippen molar-refractivity contribution in [2.45, 2.75) is 18.4 Å². The topological polar surface area (TPSA) is 125 Å². The summed E-state index contributed by atoms with van der Waals surface area (Å²) in [6, 6.07) is 9.79. The van der Waals surface area contributed by atoms with Gasteiger partial charge in [-0.2, -0.15) is 5.26 Å². The van der Waals surface area contributed by atoms with E-state index >= 15 is 0 Å². The van der Waals surface area contributed by atoms with Gasteiger partial charge in [-0.3, -0.25) is 10.4 Å². The second-order valence-electron chi connectivity index (χ2n) is 6.98. The van der Waals surface area contributed by atoms with Gasteiger partial charge in [-0.1, -0.05) is 0 Å². The SMILES string of the molecule is N#Cc1cnc2c(c1)C1CC1C2Nc1ccc(N)c(C(=N)c2cnco2)c1. The lowest BCUT2D eigenvalue weighted by Gasteiger charge is -2.18. The van der Waals surface area contributed by atoms with Gasteiger partial charge in [0, 0.05) is 23.1 Å². The molecule has 0 saturated heterocycles. The molecular formula is C20H16N6O. The molecule has 3 unspecified atom stereocenters. The van der Waals surface area contributed by atoms with Gasteiger partial charge in [-0.15, -0.1) is 0 Å². The van der Waals surface area contributed by atoms with Crippen LogP contribution in [0.2, 0.25) is 0 Å². The minimum absolute atomic E-state index is 0.105. The number of aromatic nitrogens is 2. The van der Waals surface area contributed by atoms with E-state index in [4.69, 9.17) is 20.8 Å². The van der Waals surface area contributed by atoms with Crippen LogP contribution in [-0.4, -0.2) is 15.7 Å².